The van der Waals surface area contributed by atoms with Crippen LogP contribution in [0.2, 0.25) is 0 Å². The van der Waals surface area contributed by atoms with Crippen molar-refractivity contribution < 1.29 is 48.6 Å². The van der Waals surface area contributed by atoms with Crippen LogP contribution >= 0.6 is 0 Å². The van der Waals surface area contributed by atoms with Crippen molar-refractivity contribution in [3.8, 4) is 0 Å². The number of allylic oxidation sites excluding steroid dienone is 4. The Labute approximate surface area is 360 Å². The van der Waals surface area contributed by atoms with E-state index in [9.17, 15) is 48.6 Å². The van der Waals surface area contributed by atoms with E-state index < -0.39 is 66.7 Å². The number of hydrogen-bond donors (Lipinski definition) is 9. The molecule has 9 atom stereocenters. The van der Waals surface area contributed by atoms with Gasteiger partial charge in [0.1, 0.15) is 18.1 Å². The first-order valence-corrected chi connectivity index (χ1v) is 21.3. The summed E-state index contributed by atoms with van der Waals surface area (Å²) in [6, 6.07) is 4.12. The van der Waals surface area contributed by atoms with Crippen molar-refractivity contribution in [2.45, 2.75) is 115 Å². The zero-order valence-corrected chi connectivity index (χ0v) is 35.3. The Bertz CT molecular complexity index is 1980. The molecule has 0 unspecified atom stereocenters. The maximum atomic E-state index is 13.3. The summed E-state index contributed by atoms with van der Waals surface area (Å²) in [7, 11) is 0. The SMILES string of the molecule is C[C@]12CC[C@H]3[C@@H](CCC4=CC(=O)C=C[C@@]43C)[C@@H]1CC[C@@H]2NC(=O)CCC(=O)N[C@@H](CCCN=C(N)N)C(=O)NCC(=O)N[C@@H](CC(=O)O)C(=O)N[C@@H](Cc1ccccc1)C(=O)O. The molecule has 1 aromatic rings. The highest BCUT2D eigenvalue weighted by molar-refractivity contribution is 6.01. The number of benzene rings is 1. The lowest BCUT2D eigenvalue weighted by Crippen LogP contribution is -2.55. The van der Waals surface area contributed by atoms with Gasteiger partial charge >= 0.3 is 11.9 Å². The minimum atomic E-state index is -1.67. The third kappa shape index (κ3) is 11.8. The highest BCUT2D eigenvalue weighted by Crippen LogP contribution is 2.64. The number of carbonyl (C=O) groups excluding carboxylic acids is 6. The van der Waals surface area contributed by atoms with Gasteiger partial charge in [-0.15, -0.1) is 0 Å². The predicted molar refractivity (Wildman–Crippen MR) is 227 cm³/mol. The van der Waals surface area contributed by atoms with Crippen molar-refractivity contribution in [2.75, 3.05) is 13.1 Å². The molecule has 5 amide bonds. The molecule has 3 saturated carbocycles. The van der Waals surface area contributed by atoms with Gasteiger partial charge in [-0.05, 0) is 92.3 Å². The zero-order valence-electron chi connectivity index (χ0n) is 35.3. The lowest BCUT2D eigenvalue weighted by molar-refractivity contribution is -0.143. The smallest absolute Gasteiger partial charge is 0.326 e. The van der Waals surface area contributed by atoms with Crippen LogP contribution in [0.5, 0.6) is 0 Å². The van der Waals surface area contributed by atoms with Crippen LogP contribution in [0.3, 0.4) is 0 Å². The minimum absolute atomic E-state index is 0.0495. The van der Waals surface area contributed by atoms with Gasteiger partial charge in [-0.3, -0.25) is 38.6 Å². The van der Waals surface area contributed by atoms with E-state index in [-0.39, 0.29) is 73.2 Å². The number of hydrogen-bond acceptors (Lipinski definition) is 9. The molecule has 11 N–H and O–H groups in total. The van der Waals surface area contributed by atoms with Crippen LogP contribution < -0.4 is 38.1 Å². The second-order valence-corrected chi connectivity index (χ2v) is 17.4. The first kappa shape index (κ1) is 47.0. The number of carboxylic acids is 2. The first-order chi connectivity index (χ1) is 29.4. The maximum Gasteiger partial charge on any atom is 0.326 e. The third-order valence-electron chi connectivity index (χ3n) is 13.4. The quantitative estimate of drug-likeness (QED) is 0.0504. The van der Waals surface area contributed by atoms with Gasteiger partial charge < -0.3 is 48.3 Å². The molecule has 18 heteroatoms. The van der Waals surface area contributed by atoms with E-state index in [4.69, 9.17) is 11.5 Å². The zero-order chi connectivity index (χ0) is 45.2. The van der Waals surface area contributed by atoms with Crippen molar-refractivity contribution in [3.63, 3.8) is 0 Å². The Morgan fingerprint density at radius 2 is 1.55 bits per heavy atom. The van der Waals surface area contributed by atoms with Crippen LogP contribution in [0.25, 0.3) is 0 Å². The fourth-order valence-corrected chi connectivity index (χ4v) is 10.2. The van der Waals surface area contributed by atoms with Crippen molar-refractivity contribution in [2.24, 2.45) is 45.0 Å². The summed E-state index contributed by atoms with van der Waals surface area (Å²) in [5, 5.41) is 31.8. The van der Waals surface area contributed by atoms with Crippen LogP contribution in [0, 0.1) is 28.6 Å². The van der Waals surface area contributed by atoms with Gasteiger partial charge in [0.15, 0.2) is 11.7 Å². The fraction of sp³-hybridized carbons (Fsp3) is 0.568. The topological polar surface area (TPSA) is 302 Å². The number of nitrogens with two attached hydrogens (primary N) is 2. The molecule has 3 fully saturated rings. The molecular formula is C44H60N8O10. The van der Waals surface area contributed by atoms with Gasteiger partial charge in [0.25, 0.3) is 0 Å². The summed E-state index contributed by atoms with van der Waals surface area (Å²) in [6.07, 6.45) is 10.3. The summed E-state index contributed by atoms with van der Waals surface area (Å²) in [6.45, 7) is 3.94. The summed E-state index contributed by atoms with van der Waals surface area (Å²) >= 11 is 0. The molecule has 0 heterocycles. The predicted octanol–water partition coefficient (Wildman–Crippen LogP) is 0.986. The molecule has 0 bridgehead atoms. The number of amides is 5. The average Bonchev–Trinajstić information content (AvgIpc) is 3.55. The van der Waals surface area contributed by atoms with Gasteiger partial charge in [-0.2, -0.15) is 0 Å². The number of carbonyl (C=O) groups is 8. The summed E-state index contributed by atoms with van der Waals surface area (Å²) in [5.41, 5.74) is 12.4. The number of aliphatic carboxylic acids is 2. The van der Waals surface area contributed by atoms with Gasteiger partial charge in [0.05, 0.1) is 13.0 Å². The van der Waals surface area contributed by atoms with Crippen LogP contribution in [0.1, 0.15) is 90.0 Å². The Kier molecular flexibility index (Phi) is 15.7. The summed E-state index contributed by atoms with van der Waals surface area (Å²) in [4.78, 5) is 105. The first-order valence-electron chi connectivity index (χ1n) is 21.3. The molecule has 336 valence electrons. The summed E-state index contributed by atoms with van der Waals surface area (Å²) in [5.74, 6) is -5.21. The number of aliphatic imine (C=N–C) groups is 1. The normalized spacial score (nSPS) is 26.1. The Balaban J connectivity index is 1.12. The fourth-order valence-electron chi connectivity index (χ4n) is 10.2. The van der Waals surface area contributed by atoms with Gasteiger partial charge in [0.2, 0.25) is 29.5 Å². The number of nitrogens with one attached hydrogen (secondary N) is 5. The van der Waals surface area contributed by atoms with Crippen LogP contribution in [-0.4, -0.2) is 101 Å². The van der Waals surface area contributed by atoms with E-state index in [1.807, 2.05) is 6.08 Å². The van der Waals surface area contributed by atoms with E-state index in [0.717, 1.165) is 38.5 Å². The Morgan fingerprint density at radius 3 is 2.24 bits per heavy atom. The summed E-state index contributed by atoms with van der Waals surface area (Å²) < 4.78 is 0. The molecule has 0 aromatic heterocycles. The minimum Gasteiger partial charge on any atom is -0.481 e. The monoisotopic (exact) mass is 860 g/mol. The largest absolute Gasteiger partial charge is 0.481 e. The van der Waals surface area contributed by atoms with Crippen LogP contribution in [0.4, 0.5) is 0 Å². The number of carboxylic acid groups (broad SMARTS) is 2. The Hall–Kier alpha value is -6.07. The van der Waals surface area contributed by atoms with Crippen molar-refractivity contribution in [1.29, 1.82) is 0 Å². The molecule has 62 heavy (non-hydrogen) atoms. The second-order valence-electron chi connectivity index (χ2n) is 17.4. The Morgan fingerprint density at radius 1 is 0.839 bits per heavy atom. The highest BCUT2D eigenvalue weighted by atomic mass is 16.4. The van der Waals surface area contributed by atoms with Crippen molar-refractivity contribution in [3.05, 3.63) is 59.7 Å². The lowest BCUT2D eigenvalue weighted by Gasteiger charge is -2.57. The molecule has 0 radical (unpaired) electrons. The number of fused-ring (bicyclic) bond motifs is 5. The van der Waals surface area contributed by atoms with Gasteiger partial charge in [-0.1, -0.05) is 55.8 Å². The van der Waals surface area contributed by atoms with Gasteiger partial charge in [0, 0.05) is 37.3 Å². The van der Waals surface area contributed by atoms with Crippen molar-refractivity contribution >= 4 is 53.2 Å². The standard InChI is InChI=1S/C44H60N8O10/c1-43-18-16-27(53)22-26(43)10-11-28-29-12-13-34(44(29,2)19-17-30(28)43)52-36(55)15-14-35(54)49-31(9-6-20-47-42(45)46)39(59)48-24-37(56)50-32(23-38(57)58)40(60)51-33(41(61)62)21-25-7-4-3-5-8-25/h3-5,7-8,16,18,22,28-34H,6,9-15,17,19-21,23-24H2,1-2H3,(H,48,59)(H,49,54)(H,50,56)(H,51,60)(H,52,55)(H,57,58)(H,61,62)(H4,45,46,47)/t28-,29-,30-,31-,32-,33-,34-,43-,44-/m0/s1. The van der Waals surface area contributed by atoms with Crippen molar-refractivity contribution in [1.82, 2.24) is 26.6 Å². The number of guanidine groups is 1. The number of nitrogens with zero attached hydrogens (tertiary/aromatic N) is 1. The van der Waals surface area contributed by atoms with Crippen LogP contribution in [0.15, 0.2) is 59.1 Å². The van der Waals surface area contributed by atoms with E-state index >= 15 is 0 Å². The van der Waals surface area contributed by atoms with E-state index in [1.54, 1.807) is 36.4 Å². The lowest BCUT2D eigenvalue weighted by atomic mass is 9.48. The van der Waals surface area contributed by atoms with E-state index in [1.165, 1.54) is 5.57 Å². The molecule has 0 aliphatic heterocycles. The highest BCUT2D eigenvalue weighted by Gasteiger charge is 2.58. The number of rotatable bonds is 20. The molecule has 4 aliphatic carbocycles. The molecule has 5 rings (SSSR count). The van der Waals surface area contributed by atoms with Gasteiger partial charge in [-0.25, -0.2) is 4.79 Å². The molecule has 0 spiro atoms. The molecule has 4 aliphatic rings. The average molecular weight is 861 g/mol. The van der Waals surface area contributed by atoms with E-state index in [0.29, 0.717) is 23.3 Å². The second kappa shape index (κ2) is 20.7. The molecule has 18 nitrogen and oxygen atoms in total. The molecule has 1 aromatic carbocycles. The third-order valence-corrected chi connectivity index (χ3v) is 13.4. The van der Waals surface area contributed by atoms with Crippen LogP contribution in [-0.2, 0) is 44.8 Å². The molecular weight excluding hydrogens is 801 g/mol. The number of ketones is 1. The molecule has 0 saturated heterocycles. The maximum absolute atomic E-state index is 13.3. The van der Waals surface area contributed by atoms with E-state index in [2.05, 4.69) is 51.5 Å².